The fourth-order valence-corrected chi connectivity index (χ4v) is 1.62. The van der Waals surface area contributed by atoms with E-state index in [0.29, 0.717) is 5.92 Å². The minimum atomic E-state index is -0.111. The zero-order valence-corrected chi connectivity index (χ0v) is 8.53. The fraction of sp³-hybridized carbons (Fsp3) is 0.400. The van der Waals surface area contributed by atoms with E-state index in [4.69, 9.17) is 0 Å². The summed E-state index contributed by atoms with van der Waals surface area (Å²) in [4.78, 5) is 18.4. The van der Waals surface area contributed by atoms with Gasteiger partial charge in [-0.2, -0.15) is 0 Å². The van der Waals surface area contributed by atoms with Crippen LogP contribution in [0.4, 0.5) is 0 Å². The number of aromatic amines is 1. The van der Waals surface area contributed by atoms with Crippen molar-refractivity contribution in [1.82, 2.24) is 14.5 Å². The first kappa shape index (κ1) is 8.99. The Bertz CT molecular complexity index is 522. The zero-order chi connectivity index (χ0) is 10.3. The van der Waals surface area contributed by atoms with Gasteiger partial charge in [0.05, 0.1) is 5.52 Å². The number of nitrogens with one attached hydrogen (secondary N) is 1. The van der Waals surface area contributed by atoms with E-state index in [1.54, 1.807) is 13.2 Å². The lowest BCUT2D eigenvalue weighted by Crippen LogP contribution is -2.12. The van der Waals surface area contributed by atoms with E-state index in [1.807, 2.05) is 6.07 Å². The average Bonchev–Trinajstić information content (AvgIpc) is 2.43. The van der Waals surface area contributed by atoms with Gasteiger partial charge in [-0.1, -0.05) is 13.8 Å². The molecule has 0 amide bonds. The van der Waals surface area contributed by atoms with Gasteiger partial charge < -0.3 is 4.98 Å². The maximum absolute atomic E-state index is 11.4. The lowest BCUT2D eigenvalue weighted by atomic mass is 10.0. The van der Waals surface area contributed by atoms with Gasteiger partial charge in [0.1, 0.15) is 0 Å². The third-order valence-corrected chi connectivity index (χ3v) is 2.44. The number of imidazole rings is 1. The van der Waals surface area contributed by atoms with Gasteiger partial charge in [-0.3, -0.25) is 4.57 Å². The predicted molar refractivity (Wildman–Crippen MR) is 55.4 cm³/mol. The summed E-state index contributed by atoms with van der Waals surface area (Å²) in [7, 11) is 1.72. The van der Waals surface area contributed by atoms with Gasteiger partial charge in [-0.05, 0) is 17.5 Å². The minimum absolute atomic E-state index is 0.111. The predicted octanol–water partition coefficient (Wildman–Crippen LogP) is 1.38. The van der Waals surface area contributed by atoms with Crippen LogP contribution in [0.2, 0.25) is 0 Å². The molecule has 14 heavy (non-hydrogen) atoms. The van der Waals surface area contributed by atoms with Crippen LogP contribution in [-0.2, 0) is 7.05 Å². The Hall–Kier alpha value is -1.58. The van der Waals surface area contributed by atoms with E-state index in [9.17, 15) is 4.79 Å². The Morgan fingerprint density at radius 1 is 1.50 bits per heavy atom. The zero-order valence-electron chi connectivity index (χ0n) is 8.53. The van der Waals surface area contributed by atoms with E-state index in [0.717, 1.165) is 16.7 Å². The molecule has 2 heterocycles. The Balaban J connectivity index is 2.88. The maximum Gasteiger partial charge on any atom is 0.327 e. The van der Waals surface area contributed by atoms with Crippen molar-refractivity contribution in [2.45, 2.75) is 19.8 Å². The quantitative estimate of drug-likeness (QED) is 0.740. The molecule has 0 aromatic carbocycles. The van der Waals surface area contributed by atoms with Crippen molar-refractivity contribution >= 4 is 11.2 Å². The molecule has 0 radical (unpaired) electrons. The Labute approximate surface area is 81.6 Å². The van der Waals surface area contributed by atoms with E-state index in [1.165, 1.54) is 4.57 Å². The molecule has 74 valence electrons. The average molecular weight is 191 g/mol. The summed E-state index contributed by atoms with van der Waals surface area (Å²) < 4.78 is 1.53. The summed E-state index contributed by atoms with van der Waals surface area (Å²) >= 11 is 0. The lowest BCUT2D eigenvalue weighted by Gasteiger charge is -2.05. The van der Waals surface area contributed by atoms with Crippen LogP contribution in [0.1, 0.15) is 25.3 Å². The van der Waals surface area contributed by atoms with E-state index in [2.05, 4.69) is 23.8 Å². The number of pyridine rings is 1. The molecule has 0 atom stereocenters. The second kappa shape index (κ2) is 2.97. The van der Waals surface area contributed by atoms with E-state index >= 15 is 0 Å². The van der Waals surface area contributed by atoms with Gasteiger partial charge in [0.2, 0.25) is 0 Å². The number of H-pyrrole nitrogens is 1. The topological polar surface area (TPSA) is 50.7 Å². The fourth-order valence-electron chi connectivity index (χ4n) is 1.62. The van der Waals surface area contributed by atoms with Crippen molar-refractivity contribution in [2.75, 3.05) is 0 Å². The first-order valence-electron chi connectivity index (χ1n) is 4.65. The van der Waals surface area contributed by atoms with Crippen LogP contribution in [0.25, 0.3) is 11.2 Å². The number of fused-ring (bicyclic) bond motifs is 1. The van der Waals surface area contributed by atoms with Gasteiger partial charge in [0, 0.05) is 13.2 Å². The summed E-state index contributed by atoms with van der Waals surface area (Å²) in [5.41, 5.74) is 2.60. The lowest BCUT2D eigenvalue weighted by molar-refractivity contribution is 0.870. The van der Waals surface area contributed by atoms with Crippen molar-refractivity contribution in [3.8, 4) is 0 Å². The van der Waals surface area contributed by atoms with E-state index in [-0.39, 0.29) is 5.69 Å². The number of aryl methyl sites for hydroxylation is 1. The molecule has 0 saturated heterocycles. The second-order valence-electron chi connectivity index (χ2n) is 3.74. The summed E-state index contributed by atoms with van der Waals surface area (Å²) in [5.74, 6) is 0.388. The Morgan fingerprint density at radius 2 is 2.21 bits per heavy atom. The molecule has 0 aliphatic carbocycles. The number of aromatic nitrogens is 3. The third-order valence-electron chi connectivity index (χ3n) is 2.44. The summed E-state index contributed by atoms with van der Waals surface area (Å²) in [5, 5.41) is 0. The first-order chi connectivity index (χ1) is 6.61. The normalized spacial score (nSPS) is 11.4. The molecule has 0 saturated carbocycles. The third kappa shape index (κ3) is 1.14. The number of hydrogen-bond acceptors (Lipinski definition) is 2. The van der Waals surface area contributed by atoms with Crippen molar-refractivity contribution in [2.24, 2.45) is 7.05 Å². The molecule has 0 bridgehead atoms. The summed E-state index contributed by atoms with van der Waals surface area (Å²) in [6, 6.07) is 1.95. The molecule has 0 fully saturated rings. The highest BCUT2D eigenvalue weighted by Gasteiger charge is 2.10. The number of nitrogens with zero attached hydrogens (tertiary/aromatic N) is 2. The molecule has 0 spiro atoms. The van der Waals surface area contributed by atoms with Gasteiger partial charge in [0.15, 0.2) is 5.65 Å². The number of hydrogen-bond donors (Lipinski definition) is 1. The van der Waals surface area contributed by atoms with Crippen molar-refractivity contribution in [1.29, 1.82) is 0 Å². The van der Waals surface area contributed by atoms with Crippen molar-refractivity contribution in [3.05, 3.63) is 28.3 Å². The first-order valence-corrected chi connectivity index (χ1v) is 4.65. The van der Waals surface area contributed by atoms with Crippen LogP contribution in [0.5, 0.6) is 0 Å². The largest absolute Gasteiger partial charge is 0.327 e. The Morgan fingerprint density at radius 3 is 2.86 bits per heavy atom. The number of rotatable bonds is 1. The molecule has 2 rings (SSSR count). The Kier molecular flexibility index (Phi) is 1.91. The summed E-state index contributed by atoms with van der Waals surface area (Å²) in [6.07, 6.45) is 1.74. The molecule has 4 heteroatoms. The highest BCUT2D eigenvalue weighted by molar-refractivity contribution is 5.75. The van der Waals surface area contributed by atoms with Crippen LogP contribution in [0.3, 0.4) is 0 Å². The molecule has 0 aliphatic heterocycles. The molecule has 4 nitrogen and oxygen atoms in total. The maximum atomic E-state index is 11.4. The molecule has 0 aliphatic rings. The van der Waals surface area contributed by atoms with Crippen LogP contribution < -0.4 is 5.69 Å². The monoisotopic (exact) mass is 191 g/mol. The SMILES string of the molecule is CC(C)c1ccnc2c1[nH]c(=O)n2C. The van der Waals surface area contributed by atoms with Crippen LogP contribution >= 0.6 is 0 Å². The summed E-state index contributed by atoms with van der Waals surface area (Å²) in [6.45, 7) is 4.19. The van der Waals surface area contributed by atoms with Crippen LogP contribution in [-0.4, -0.2) is 14.5 Å². The second-order valence-corrected chi connectivity index (χ2v) is 3.74. The molecule has 0 unspecified atom stereocenters. The van der Waals surface area contributed by atoms with Crippen molar-refractivity contribution < 1.29 is 0 Å². The minimum Gasteiger partial charge on any atom is -0.304 e. The van der Waals surface area contributed by atoms with Gasteiger partial charge in [0.25, 0.3) is 0 Å². The molecular weight excluding hydrogens is 178 g/mol. The van der Waals surface area contributed by atoms with Crippen molar-refractivity contribution in [3.63, 3.8) is 0 Å². The van der Waals surface area contributed by atoms with Gasteiger partial charge >= 0.3 is 5.69 Å². The molecule has 2 aromatic rings. The smallest absolute Gasteiger partial charge is 0.304 e. The molecule has 1 N–H and O–H groups in total. The highest BCUT2D eigenvalue weighted by atomic mass is 16.1. The van der Waals surface area contributed by atoms with Gasteiger partial charge in [-0.15, -0.1) is 0 Å². The molecular formula is C10H13N3O. The molecule has 2 aromatic heterocycles. The van der Waals surface area contributed by atoms with Crippen LogP contribution in [0, 0.1) is 0 Å². The van der Waals surface area contributed by atoms with Crippen LogP contribution in [0.15, 0.2) is 17.1 Å². The highest BCUT2D eigenvalue weighted by Crippen LogP contribution is 2.20. The van der Waals surface area contributed by atoms with E-state index < -0.39 is 0 Å². The van der Waals surface area contributed by atoms with Gasteiger partial charge in [-0.25, -0.2) is 9.78 Å². The standard InChI is InChI=1S/C10H13N3O/c1-6(2)7-4-5-11-9-8(7)12-10(14)13(9)3/h4-6H,1-3H3,(H,12,14).